The molecule has 1 spiro atoms. The van der Waals surface area contributed by atoms with Gasteiger partial charge in [-0.2, -0.15) is 0 Å². The lowest BCUT2D eigenvalue weighted by Crippen LogP contribution is -2.52. The first-order valence-corrected chi connectivity index (χ1v) is 7.18. The molecule has 3 aliphatic rings. The molecule has 0 N–H and O–H groups in total. The second-order valence-electron chi connectivity index (χ2n) is 6.00. The third kappa shape index (κ3) is 1.30. The minimum absolute atomic E-state index is 0.0906. The van der Waals surface area contributed by atoms with E-state index in [0.717, 1.165) is 18.6 Å². The number of carbonyl (C=O) groups is 1. The number of methoxy groups -OCH3 is 1. The minimum Gasteiger partial charge on any atom is -0.466 e. The molecule has 4 nitrogen and oxygen atoms in total. The van der Waals surface area contributed by atoms with Crippen LogP contribution in [0.5, 0.6) is 0 Å². The van der Waals surface area contributed by atoms with Gasteiger partial charge in [-0.3, -0.25) is 4.79 Å². The van der Waals surface area contributed by atoms with E-state index in [4.69, 9.17) is 9.15 Å². The highest BCUT2D eigenvalue weighted by Crippen LogP contribution is 2.56. The molecule has 1 aliphatic carbocycles. The standard InChI is InChI=1S/C15H19NO3/c1-18-12-9-16-13(17)8-10-4-2-3-6-15(10,16)11-5-7-19-14(11)12/h5,7,10,12H,2-4,6,8-9H2,1H3/t10-,12-,15-/m0/s1. The zero-order chi connectivity index (χ0) is 13.0. The Kier molecular flexibility index (Phi) is 2.34. The number of fused-ring (bicyclic) bond motifs is 1. The van der Waals surface area contributed by atoms with E-state index >= 15 is 0 Å². The zero-order valence-electron chi connectivity index (χ0n) is 11.2. The smallest absolute Gasteiger partial charge is 0.223 e. The Morgan fingerprint density at radius 2 is 2.37 bits per heavy atom. The Morgan fingerprint density at radius 1 is 1.47 bits per heavy atom. The van der Waals surface area contributed by atoms with Crippen LogP contribution in [0.15, 0.2) is 16.7 Å². The molecule has 19 heavy (non-hydrogen) atoms. The van der Waals surface area contributed by atoms with Crippen LogP contribution in [-0.2, 0) is 15.1 Å². The Morgan fingerprint density at radius 3 is 3.21 bits per heavy atom. The molecule has 1 aromatic rings. The average molecular weight is 261 g/mol. The van der Waals surface area contributed by atoms with Gasteiger partial charge in [0.15, 0.2) is 0 Å². The summed E-state index contributed by atoms with van der Waals surface area (Å²) in [6.45, 7) is 0.645. The predicted octanol–water partition coefficient (Wildman–Crippen LogP) is 2.60. The second-order valence-corrected chi connectivity index (χ2v) is 6.00. The van der Waals surface area contributed by atoms with E-state index in [1.54, 1.807) is 13.4 Å². The predicted molar refractivity (Wildman–Crippen MR) is 68.4 cm³/mol. The van der Waals surface area contributed by atoms with Crippen molar-refractivity contribution in [3.8, 4) is 0 Å². The average Bonchev–Trinajstić information content (AvgIpc) is 3.00. The van der Waals surface area contributed by atoms with Crippen molar-refractivity contribution in [2.75, 3.05) is 13.7 Å². The Bertz CT molecular complexity index is 523. The molecule has 1 aromatic heterocycles. The highest BCUT2D eigenvalue weighted by molar-refractivity contribution is 5.81. The SMILES string of the molecule is CO[C@H]1CN2C(=O)C[C@@H]3CCCC[C@@]32c2ccoc21. The van der Waals surface area contributed by atoms with E-state index in [2.05, 4.69) is 11.0 Å². The summed E-state index contributed by atoms with van der Waals surface area (Å²) in [5, 5.41) is 0. The molecule has 1 saturated heterocycles. The van der Waals surface area contributed by atoms with Crippen molar-refractivity contribution in [1.82, 2.24) is 4.90 Å². The third-order valence-corrected chi connectivity index (χ3v) is 5.33. The highest BCUT2D eigenvalue weighted by atomic mass is 16.5. The van der Waals surface area contributed by atoms with Crippen LogP contribution in [-0.4, -0.2) is 24.5 Å². The van der Waals surface area contributed by atoms with E-state index in [0.29, 0.717) is 24.8 Å². The van der Waals surface area contributed by atoms with Gasteiger partial charge in [-0.15, -0.1) is 0 Å². The van der Waals surface area contributed by atoms with E-state index in [1.165, 1.54) is 18.4 Å². The number of rotatable bonds is 1. The van der Waals surface area contributed by atoms with Gasteiger partial charge in [0, 0.05) is 19.1 Å². The molecular formula is C15H19NO3. The quantitative estimate of drug-likeness (QED) is 0.780. The molecule has 1 amide bonds. The number of nitrogens with zero attached hydrogens (tertiary/aromatic N) is 1. The monoisotopic (exact) mass is 261 g/mol. The fourth-order valence-electron chi connectivity index (χ4n) is 4.52. The molecule has 0 radical (unpaired) electrons. The van der Waals surface area contributed by atoms with E-state index in [1.807, 2.05) is 0 Å². The largest absolute Gasteiger partial charge is 0.466 e. The van der Waals surface area contributed by atoms with Gasteiger partial charge >= 0.3 is 0 Å². The topological polar surface area (TPSA) is 42.7 Å². The summed E-state index contributed by atoms with van der Waals surface area (Å²) in [5.74, 6) is 1.70. The molecule has 3 atom stereocenters. The third-order valence-electron chi connectivity index (χ3n) is 5.33. The summed E-state index contributed by atoms with van der Waals surface area (Å²) in [7, 11) is 1.69. The Hall–Kier alpha value is -1.29. The van der Waals surface area contributed by atoms with Gasteiger partial charge in [0.1, 0.15) is 11.9 Å². The molecule has 0 unspecified atom stereocenters. The van der Waals surface area contributed by atoms with Gasteiger partial charge in [0.05, 0.1) is 18.3 Å². The van der Waals surface area contributed by atoms with Crippen molar-refractivity contribution in [1.29, 1.82) is 0 Å². The van der Waals surface area contributed by atoms with Crippen molar-refractivity contribution in [3.05, 3.63) is 23.7 Å². The number of amides is 1. The van der Waals surface area contributed by atoms with Crippen LogP contribution in [0.25, 0.3) is 0 Å². The van der Waals surface area contributed by atoms with E-state index in [9.17, 15) is 4.79 Å². The van der Waals surface area contributed by atoms with Gasteiger partial charge in [0.2, 0.25) is 5.91 Å². The Balaban J connectivity index is 1.90. The van der Waals surface area contributed by atoms with Gasteiger partial charge in [-0.25, -0.2) is 0 Å². The van der Waals surface area contributed by atoms with Crippen molar-refractivity contribution in [3.63, 3.8) is 0 Å². The summed E-state index contributed by atoms with van der Waals surface area (Å²) in [5.41, 5.74) is 1.12. The molecule has 2 aliphatic heterocycles. The summed E-state index contributed by atoms with van der Waals surface area (Å²) >= 11 is 0. The van der Waals surface area contributed by atoms with Crippen molar-refractivity contribution < 1.29 is 13.9 Å². The van der Waals surface area contributed by atoms with Crippen LogP contribution >= 0.6 is 0 Å². The van der Waals surface area contributed by atoms with Crippen LogP contribution in [0.4, 0.5) is 0 Å². The minimum atomic E-state index is -0.111. The Labute approximate surface area is 112 Å². The maximum Gasteiger partial charge on any atom is 0.223 e. The lowest BCUT2D eigenvalue weighted by molar-refractivity contribution is -0.136. The fraction of sp³-hybridized carbons (Fsp3) is 0.667. The fourth-order valence-corrected chi connectivity index (χ4v) is 4.52. The van der Waals surface area contributed by atoms with Gasteiger partial charge < -0.3 is 14.1 Å². The summed E-state index contributed by atoms with van der Waals surface area (Å²) in [6.07, 6.45) is 7.01. The van der Waals surface area contributed by atoms with E-state index in [-0.39, 0.29) is 11.6 Å². The number of hydrogen-bond donors (Lipinski definition) is 0. The molecule has 4 heteroatoms. The van der Waals surface area contributed by atoms with Gasteiger partial charge in [-0.05, 0) is 24.8 Å². The molecule has 1 saturated carbocycles. The summed E-state index contributed by atoms with van der Waals surface area (Å²) in [4.78, 5) is 14.5. The maximum absolute atomic E-state index is 12.4. The molecule has 0 bridgehead atoms. The van der Waals surface area contributed by atoms with Crippen molar-refractivity contribution >= 4 is 5.91 Å². The molecule has 3 heterocycles. The van der Waals surface area contributed by atoms with E-state index < -0.39 is 0 Å². The van der Waals surface area contributed by atoms with Crippen LogP contribution in [0, 0.1) is 5.92 Å². The molecule has 102 valence electrons. The summed E-state index contributed by atoms with van der Waals surface area (Å²) in [6, 6.07) is 2.06. The molecule has 0 aromatic carbocycles. The van der Waals surface area contributed by atoms with Crippen LogP contribution in [0.2, 0.25) is 0 Å². The normalized spacial score (nSPS) is 36.9. The van der Waals surface area contributed by atoms with Gasteiger partial charge in [-0.1, -0.05) is 12.8 Å². The number of carbonyl (C=O) groups excluding carboxylic acids is 1. The second kappa shape index (κ2) is 3.85. The number of hydrogen-bond acceptors (Lipinski definition) is 3. The molecule has 2 fully saturated rings. The maximum atomic E-state index is 12.4. The molecular weight excluding hydrogens is 242 g/mol. The molecule has 4 rings (SSSR count). The zero-order valence-corrected chi connectivity index (χ0v) is 11.2. The lowest BCUT2D eigenvalue weighted by atomic mass is 9.68. The van der Waals surface area contributed by atoms with Crippen molar-refractivity contribution in [2.45, 2.75) is 43.7 Å². The number of furan rings is 1. The van der Waals surface area contributed by atoms with Crippen LogP contribution < -0.4 is 0 Å². The summed E-state index contributed by atoms with van der Waals surface area (Å²) < 4.78 is 11.2. The number of ether oxygens (including phenoxy) is 1. The first-order chi connectivity index (χ1) is 9.27. The van der Waals surface area contributed by atoms with Crippen molar-refractivity contribution in [2.24, 2.45) is 5.92 Å². The highest BCUT2D eigenvalue weighted by Gasteiger charge is 2.59. The van der Waals surface area contributed by atoms with Crippen LogP contribution in [0.1, 0.15) is 49.5 Å². The first-order valence-electron chi connectivity index (χ1n) is 7.18. The van der Waals surface area contributed by atoms with Gasteiger partial charge in [0.25, 0.3) is 0 Å². The first kappa shape index (κ1) is 11.5. The lowest BCUT2D eigenvalue weighted by Gasteiger charge is -2.49. The van der Waals surface area contributed by atoms with Crippen LogP contribution in [0.3, 0.4) is 0 Å².